The fraction of sp³-hybridized carbons (Fsp3) is 0.417. The van der Waals surface area contributed by atoms with E-state index in [0.717, 1.165) is 12.1 Å². The van der Waals surface area contributed by atoms with Crippen molar-refractivity contribution in [1.29, 1.82) is 0 Å². The van der Waals surface area contributed by atoms with E-state index >= 15 is 0 Å². The Morgan fingerprint density at radius 2 is 2.12 bits per heavy atom. The molecule has 2 atom stereocenters. The van der Waals surface area contributed by atoms with Gasteiger partial charge in [-0.15, -0.1) is 0 Å². The molecule has 0 saturated heterocycles. The molecule has 0 aliphatic heterocycles. The van der Waals surface area contributed by atoms with Crippen LogP contribution in [-0.4, -0.2) is 18.1 Å². The van der Waals surface area contributed by atoms with Gasteiger partial charge in [-0.1, -0.05) is 13.0 Å². The first-order valence-corrected chi connectivity index (χ1v) is 5.36. The number of aliphatic carboxylic acids is 1. The van der Waals surface area contributed by atoms with Crippen molar-refractivity contribution in [3.8, 4) is 0 Å². The Hall–Kier alpha value is -1.49. The third kappa shape index (κ3) is 3.00. The number of carboxylic acids is 1. The maximum atomic E-state index is 13.6. The molecule has 94 valence electrons. The molecule has 1 rings (SSSR count). The first kappa shape index (κ1) is 13.6. The van der Waals surface area contributed by atoms with E-state index < -0.39 is 29.6 Å². The summed E-state index contributed by atoms with van der Waals surface area (Å²) < 4.78 is 26.4. The minimum atomic E-state index is -1.00. The van der Waals surface area contributed by atoms with Gasteiger partial charge in [-0.25, -0.2) is 8.78 Å². The number of carboxylic acid groups (broad SMARTS) is 1. The molecule has 0 fully saturated rings. The second kappa shape index (κ2) is 5.72. The van der Waals surface area contributed by atoms with Gasteiger partial charge in [0, 0.05) is 17.7 Å². The molecule has 1 aromatic rings. The van der Waals surface area contributed by atoms with E-state index in [0.29, 0.717) is 6.42 Å². The average molecular weight is 243 g/mol. The molecule has 0 aliphatic rings. The molecule has 0 bridgehead atoms. The molecular weight excluding hydrogens is 228 g/mol. The van der Waals surface area contributed by atoms with E-state index in [4.69, 9.17) is 5.11 Å². The molecule has 0 aromatic heterocycles. The Balaban J connectivity index is 3.12. The van der Waals surface area contributed by atoms with E-state index in [-0.39, 0.29) is 5.56 Å². The average Bonchev–Trinajstić information content (AvgIpc) is 2.26. The van der Waals surface area contributed by atoms with Crippen LogP contribution in [0.25, 0.3) is 0 Å². The quantitative estimate of drug-likeness (QED) is 0.834. The van der Waals surface area contributed by atoms with Crippen molar-refractivity contribution >= 4 is 5.97 Å². The Morgan fingerprint density at radius 1 is 1.47 bits per heavy atom. The van der Waals surface area contributed by atoms with E-state index in [1.807, 2.05) is 0 Å². The molecule has 1 aromatic carbocycles. The lowest BCUT2D eigenvalue weighted by atomic mass is 9.90. The van der Waals surface area contributed by atoms with Crippen molar-refractivity contribution in [3.63, 3.8) is 0 Å². The summed E-state index contributed by atoms with van der Waals surface area (Å²) >= 11 is 0. The van der Waals surface area contributed by atoms with Crippen LogP contribution in [0, 0.1) is 17.6 Å². The molecule has 0 saturated carbocycles. The van der Waals surface area contributed by atoms with Gasteiger partial charge in [0.1, 0.15) is 11.6 Å². The summed E-state index contributed by atoms with van der Waals surface area (Å²) in [5.74, 6) is -3.16. The number of carbonyl (C=O) groups is 1. The zero-order chi connectivity index (χ0) is 13.0. The van der Waals surface area contributed by atoms with Gasteiger partial charge in [-0.2, -0.15) is 0 Å². The van der Waals surface area contributed by atoms with Gasteiger partial charge >= 0.3 is 5.97 Å². The number of hydrogen-bond donors (Lipinski definition) is 2. The van der Waals surface area contributed by atoms with Gasteiger partial charge in [-0.05, 0) is 19.5 Å². The summed E-state index contributed by atoms with van der Waals surface area (Å²) in [5, 5.41) is 11.8. The topological polar surface area (TPSA) is 49.3 Å². The van der Waals surface area contributed by atoms with E-state index in [9.17, 15) is 13.6 Å². The third-order valence-corrected chi connectivity index (χ3v) is 2.77. The summed E-state index contributed by atoms with van der Waals surface area (Å²) in [6.45, 7) is 1.71. The molecule has 2 unspecified atom stereocenters. The van der Waals surface area contributed by atoms with Crippen LogP contribution in [0.4, 0.5) is 8.78 Å². The number of halogens is 2. The Labute approximate surface area is 98.5 Å². The zero-order valence-electron chi connectivity index (χ0n) is 9.71. The highest BCUT2D eigenvalue weighted by Crippen LogP contribution is 2.27. The second-order valence-corrected chi connectivity index (χ2v) is 3.79. The van der Waals surface area contributed by atoms with E-state index in [1.165, 1.54) is 6.07 Å². The predicted molar refractivity (Wildman–Crippen MR) is 59.6 cm³/mol. The first-order valence-electron chi connectivity index (χ1n) is 5.36. The van der Waals surface area contributed by atoms with Gasteiger partial charge in [0.05, 0.1) is 5.92 Å². The lowest BCUT2D eigenvalue weighted by Gasteiger charge is -2.23. The van der Waals surface area contributed by atoms with Crippen LogP contribution in [0.15, 0.2) is 18.2 Å². The maximum Gasteiger partial charge on any atom is 0.308 e. The van der Waals surface area contributed by atoms with Gasteiger partial charge < -0.3 is 10.4 Å². The highest BCUT2D eigenvalue weighted by atomic mass is 19.1. The monoisotopic (exact) mass is 243 g/mol. The van der Waals surface area contributed by atoms with Gasteiger partial charge in [0.25, 0.3) is 0 Å². The summed E-state index contributed by atoms with van der Waals surface area (Å²) in [6, 6.07) is 2.49. The Kier molecular flexibility index (Phi) is 4.57. The van der Waals surface area contributed by atoms with Crippen molar-refractivity contribution < 1.29 is 18.7 Å². The molecule has 0 amide bonds. The molecule has 17 heavy (non-hydrogen) atoms. The van der Waals surface area contributed by atoms with Gasteiger partial charge in [0.15, 0.2) is 0 Å². The van der Waals surface area contributed by atoms with Crippen LogP contribution in [0.3, 0.4) is 0 Å². The summed E-state index contributed by atoms with van der Waals surface area (Å²) in [4.78, 5) is 11.0. The third-order valence-electron chi connectivity index (χ3n) is 2.77. The maximum absolute atomic E-state index is 13.6. The molecule has 0 radical (unpaired) electrons. The summed E-state index contributed by atoms with van der Waals surface area (Å²) in [7, 11) is 1.55. The van der Waals surface area contributed by atoms with Crippen molar-refractivity contribution in [2.45, 2.75) is 19.4 Å². The van der Waals surface area contributed by atoms with Crippen LogP contribution in [0.2, 0.25) is 0 Å². The molecule has 5 heteroatoms. The van der Waals surface area contributed by atoms with Crippen LogP contribution in [0.1, 0.15) is 24.9 Å². The minimum absolute atomic E-state index is 0.170. The Bertz CT molecular complexity index is 409. The summed E-state index contributed by atoms with van der Waals surface area (Å²) in [5.41, 5.74) is 0.170. The fourth-order valence-corrected chi connectivity index (χ4v) is 1.88. The molecule has 0 aliphatic carbocycles. The van der Waals surface area contributed by atoms with Crippen molar-refractivity contribution in [1.82, 2.24) is 5.32 Å². The number of hydrogen-bond acceptors (Lipinski definition) is 2. The molecular formula is C12H15F2NO2. The highest BCUT2D eigenvalue weighted by molar-refractivity contribution is 5.71. The molecule has 2 N–H and O–H groups in total. The van der Waals surface area contributed by atoms with Crippen LogP contribution < -0.4 is 5.32 Å². The molecule has 3 nitrogen and oxygen atoms in total. The van der Waals surface area contributed by atoms with Crippen molar-refractivity contribution in [3.05, 3.63) is 35.4 Å². The van der Waals surface area contributed by atoms with Gasteiger partial charge in [-0.3, -0.25) is 4.79 Å². The predicted octanol–water partition coefficient (Wildman–Crippen LogP) is 2.34. The van der Waals surface area contributed by atoms with Crippen molar-refractivity contribution in [2.24, 2.45) is 5.92 Å². The number of nitrogens with one attached hydrogen (secondary N) is 1. The van der Waals surface area contributed by atoms with Crippen molar-refractivity contribution in [2.75, 3.05) is 7.05 Å². The number of benzene rings is 1. The zero-order valence-corrected chi connectivity index (χ0v) is 9.71. The first-order chi connectivity index (χ1) is 8.01. The SMILES string of the molecule is CCC(C(=O)O)C(NC)c1ccc(F)cc1F. The summed E-state index contributed by atoms with van der Waals surface area (Å²) in [6.07, 6.45) is 0.359. The lowest BCUT2D eigenvalue weighted by molar-refractivity contribution is -0.143. The lowest BCUT2D eigenvalue weighted by Crippen LogP contribution is -2.31. The second-order valence-electron chi connectivity index (χ2n) is 3.79. The molecule has 0 heterocycles. The van der Waals surface area contributed by atoms with Crippen LogP contribution >= 0.6 is 0 Å². The van der Waals surface area contributed by atoms with Crippen LogP contribution in [0.5, 0.6) is 0 Å². The van der Waals surface area contributed by atoms with Gasteiger partial charge in [0.2, 0.25) is 0 Å². The highest BCUT2D eigenvalue weighted by Gasteiger charge is 2.28. The molecule has 0 spiro atoms. The number of rotatable bonds is 5. The normalized spacial score (nSPS) is 14.4. The minimum Gasteiger partial charge on any atom is -0.481 e. The standard InChI is InChI=1S/C12H15F2NO2/c1-3-8(12(16)17)11(15-2)9-5-4-7(13)6-10(9)14/h4-6,8,11,15H,3H2,1-2H3,(H,16,17). The largest absolute Gasteiger partial charge is 0.481 e. The fourth-order valence-electron chi connectivity index (χ4n) is 1.88. The van der Waals surface area contributed by atoms with E-state index in [2.05, 4.69) is 5.32 Å². The smallest absolute Gasteiger partial charge is 0.308 e. The Morgan fingerprint density at radius 3 is 2.53 bits per heavy atom. The van der Waals surface area contributed by atoms with E-state index in [1.54, 1.807) is 14.0 Å². The van der Waals surface area contributed by atoms with Crippen LogP contribution in [-0.2, 0) is 4.79 Å².